The summed E-state index contributed by atoms with van der Waals surface area (Å²) < 4.78 is 5.80. The van der Waals surface area contributed by atoms with Gasteiger partial charge in [0.05, 0.1) is 12.1 Å². The second kappa shape index (κ2) is 7.20. The highest BCUT2D eigenvalue weighted by atomic mass is 16.6. The zero-order valence-corrected chi connectivity index (χ0v) is 18.3. The SMILES string of the molecule is Cc1cccc(Nc2ncnc3ccc(N4CC5(CN(C(C)C)C5)OC4=O)cc23)c1C. The number of anilines is 3. The Morgan fingerprint density at radius 3 is 2.68 bits per heavy atom. The fraction of sp³-hybridized carbons (Fsp3) is 0.375. The van der Waals surface area contributed by atoms with Crippen molar-refractivity contribution in [2.75, 3.05) is 29.9 Å². The molecule has 7 heteroatoms. The van der Waals surface area contributed by atoms with Crippen LogP contribution in [0.2, 0.25) is 0 Å². The molecule has 0 radical (unpaired) electrons. The summed E-state index contributed by atoms with van der Waals surface area (Å²) in [6.07, 6.45) is 1.27. The molecular weight excluding hydrogens is 390 g/mol. The van der Waals surface area contributed by atoms with Gasteiger partial charge in [0.1, 0.15) is 12.1 Å². The van der Waals surface area contributed by atoms with Gasteiger partial charge in [-0.25, -0.2) is 14.8 Å². The summed E-state index contributed by atoms with van der Waals surface area (Å²) in [6.45, 7) is 10.6. The van der Waals surface area contributed by atoms with Crippen LogP contribution in [0.3, 0.4) is 0 Å². The number of aryl methyl sites for hydroxylation is 1. The lowest BCUT2D eigenvalue weighted by Gasteiger charge is -2.47. The van der Waals surface area contributed by atoms with Crippen LogP contribution in [-0.2, 0) is 4.74 Å². The lowest BCUT2D eigenvalue weighted by Crippen LogP contribution is -2.65. The fourth-order valence-electron chi connectivity index (χ4n) is 4.37. The maximum Gasteiger partial charge on any atom is 0.415 e. The van der Waals surface area contributed by atoms with Gasteiger partial charge >= 0.3 is 6.09 Å². The first kappa shape index (κ1) is 19.8. The number of nitrogens with zero attached hydrogens (tertiary/aromatic N) is 4. The monoisotopic (exact) mass is 417 g/mol. The second-order valence-corrected chi connectivity index (χ2v) is 8.93. The van der Waals surface area contributed by atoms with E-state index in [1.807, 2.05) is 30.3 Å². The van der Waals surface area contributed by atoms with Crippen molar-refractivity contribution >= 4 is 34.2 Å². The van der Waals surface area contributed by atoms with Crippen molar-refractivity contribution in [1.82, 2.24) is 14.9 Å². The minimum atomic E-state index is -0.400. The van der Waals surface area contributed by atoms with E-state index in [0.717, 1.165) is 41.2 Å². The van der Waals surface area contributed by atoms with Gasteiger partial charge in [0, 0.05) is 35.9 Å². The Hall–Kier alpha value is -3.19. The number of hydrogen-bond donors (Lipinski definition) is 1. The summed E-state index contributed by atoms with van der Waals surface area (Å²) in [5.74, 6) is 0.720. The van der Waals surface area contributed by atoms with Gasteiger partial charge in [-0.2, -0.15) is 0 Å². The average Bonchev–Trinajstić information content (AvgIpc) is 3.08. The molecule has 31 heavy (non-hydrogen) atoms. The fourth-order valence-corrected chi connectivity index (χ4v) is 4.37. The molecule has 0 bridgehead atoms. The van der Waals surface area contributed by atoms with Crippen molar-refractivity contribution in [3.63, 3.8) is 0 Å². The lowest BCUT2D eigenvalue weighted by molar-refractivity contribution is -0.0856. The molecule has 1 N–H and O–H groups in total. The third-order valence-electron chi connectivity index (χ3n) is 6.47. The predicted octanol–water partition coefficient (Wildman–Crippen LogP) is 4.41. The molecular formula is C24H27N5O2. The Morgan fingerprint density at radius 2 is 1.90 bits per heavy atom. The van der Waals surface area contributed by atoms with Gasteiger partial charge in [0.2, 0.25) is 0 Å². The van der Waals surface area contributed by atoms with Crippen molar-refractivity contribution in [3.8, 4) is 0 Å². The van der Waals surface area contributed by atoms with Crippen LogP contribution in [0.25, 0.3) is 10.9 Å². The first-order valence-electron chi connectivity index (χ1n) is 10.7. The molecule has 3 aromatic rings. The number of carbonyl (C=O) groups excluding carboxylic acids is 1. The highest BCUT2D eigenvalue weighted by Gasteiger charge is 2.54. The summed E-state index contributed by atoms with van der Waals surface area (Å²) in [7, 11) is 0. The summed E-state index contributed by atoms with van der Waals surface area (Å²) in [5.41, 5.74) is 4.62. The van der Waals surface area contributed by atoms with E-state index in [9.17, 15) is 4.79 Å². The van der Waals surface area contributed by atoms with E-state index < -0.39 is 5.60 Å². The number of nitrogens with one attached hydrogen (secondary N) is 1. The number of carbonyl (C=O) groups is 1. The zero-order valence-electron chi connectivity index (χ0n) is 18.3. The molecule has 1 amide bonds. The van der Waals surface area contributed by atoms with Crippen molar-refractivity contribution in [3.05, 3.63) is 53.9 Å². The standard InChI is InChI=1S/C24H27N5O2/c1-15(2)28-11-24(12-28)13-29(23(30)31-24)18-8-9-21-19(10-18)22(26-14-25-21)27-20-7-5-6-16(3)17(20)4/h5-10,14-15H,11-13H2,1-4H3,(H,25,26,27). The number of rotatable bonds is 4. The van der Waals surface area contributed by atoms with Crippen LogP contribution in [0.5, 0.6) is 0 Å². The molecule has 2 aromatic carbocycles. The number of amides is 1. The van der Waals surface area contributed by atoms with Crippen LogP contribution >= 0.6 is 0 Å². The average molecular weight is 418 g/mol. The van der Waals surface area contributed by atoms with E-state index in [-0.39, 0.29) is 6.09 Å². The van der Waals surface area contributed by atoms with Crippen LogP contribution in [-0.4, -0.2) is 52.2 Å². The van der Waals surface area contributed by atoms with E-state index in [2.05, 4.69) is 53.9 Å². The predicted molar refractivity (Wildman–Crippen MR) is 122 cm³/mol. The van der Waals surface area contributed by atoms with Crippen LogP contribution in [0.1, 0.15) is 25.0 Å². The van der Waals surface area contributed by atoms with E-state index in [4.69, 9.17) is 4.74 Å². The molecule has 0 saturated carbocycles. The van der Waals surface area contributed by atoms with Crippen molar-refractivity contribution in [2.24, 2.45) is 0 Å². The third-order valence-corrected chi connectivity index (χ3v) is 6.47. The van der Waals surface area contributed by atoms with Crippen molar-refractivity contribution < 1.29 is 9.53 Å². The largest absolute Gasteiger partial charge is 0.438 e. The molecule has 5 rings (SSSR count). The number of aromatic nitrogens is 2. The molecule has 7 nitrogen and oxygen atoms in total. The van der Waals surface area contributed by atoms with Crippen LogP contribution in [0, 0.1) is 13.8 Å². The molecule has 1 spiro atoms. The van der Waals surface area contributed by atoms with Gasteiger partial charge < -0.3 is 10.1 Å². The maximum atomic E-state index is 12.7. The van der Waals surface area contributed by atoms with Crippen LogP contribution in [0.4, 0.5) is 22.0 Å². The number of fused-ring (bicyclic) bond motifs is 1. The molecule has 160 valence electrons. The minimum absolute atomic E-state index is 0.288. The van der Waals surface area contributed by atoms with Gasteiger partial charge in [-0.15, -0.1) is 0 Å². The number of likely N-dealkylation sites (tertiary alicyclic amines) is 1. The van der Waals surface area contributed by atoms with Gasteiger partial charge in [-0.3, -0.25) is 9.80 Å². The Bertz CT molecular complexity index is 1170. The maximum absolute atomic E-state index is 12.7. The molecule has 2 aliphatic heterocycles. The van der Waals surface area contributed by atoms with Gasteiger partial charge in [-0.05, 0) is 63.1 Å². The van der Waals surface area contributed by atoms with Crippen molar-refractivity contribution in [1.29, 1.82) is 0 Å². The molecule has 0 aliphatic carbocycles. The Balaban J connectivity index is 1.46. The number of benzene rings is 2. The van der Waals surface area contributed by atoms with E-state index in [0.29, 0.717) is 12.6 Å². The summed E-state index contributed by atoms with van der Waals surface area (Å²) in [6, 6.07) is 12.4. The first-order valence-corrected chi connectivity index (χ1v) is 10.7. The van der Waals surface area contributed by atoms with E-state index in [1.165, 1.54) is 11.1 Å². The topological polar surface area (TPSA) is 70.6 Å². The lowest BCUT2D eigenvalue weighted by atomic mass is 9.92. The normalized spacial score (nSPS) is 18.0. The zero-order chi connectivity index (χ0) is 21.8. The second-order valence-electron chi connectivity index (χ2n) is 8.93. The molecule has 2 saturated heterocycles. The number of hydrogen-bond acceptors (Lipinski definition) is 6. The van der Waals surface area contributed by atoms with Crippen molar-refractivity contribution in [2.45, 2.75) is 39.3 Å². The van der Waals surface area contributed by atoms with Gasteiger partial charge in [0.25, 0.3) is 0 Å². The Kier molecular flexibility index (Phi) is 4.59. The molecule has 0 unspecified atom stereocenters. The van der Waals surface area contributed by atoms with Crippen LogP contribution < -0.4 is 10.2 Å². The first-order chi connectivity index (χ1) is 14.8. The molecule has 3 heterocycles. The molecule has 2 fully saturated rings. The quantitative estimate of drug-likeness (QED) is 0.678. The number of ether oxygens (including phenoxy) is 1. The highest BCUT2D eigenvalue weighted by molar-refractivity contribution is 5.97. The third kappa shape index (κ3) is 3.39. The summed E-state index contributed by atoms with van der Waals surface area (Å²) in [5, 5.41) is 4.32. The molecule has 1 aromatic heterocycles. The Labute approximate surface area is 182 Å². The van der Waals surface area contributed by atoms with E-state index in [1.54, 1.807) is 11.2 Å². The summed E-state index contributed by atoms with van der Waals surface area (Å²) >= 11 is 0. The Morgan fingerprint density at radius 1 is 1.10 bits per heavy atom. The van der Waals surface area contributed by atoms with Gasteiger partial charge in [-0.1, -0.05) is 12.1 Å². The van der Waals surface area contributed by atoms with Crippen LogP contribution in [0.15, 0.2) is 42.7 Å². The van der Waals surface area contributed by atoms with Gasteiger partial charge in [0.15, 0.2) is 5.60 Å². The minimum Gasteiger partial charge on any atom is -0.438 e. The van der Waals surface area contributed by atoms with E-state index >= 15 is 0 Å². The smallest absolute Gasteiger partial charge is 0.415 e. The highest BCUT2D eigenvalue weighted by Crippen LogP contribution is 2.37. The molecule has 2 aliphatic rings. The molecule has 0 atom stereocenters. The summed E-state index contributed by atoms with van der Waals surface area (Å²) in [4.78, 5) is 25.6.